The van der Waals surface area contributed by atoms with Crippen molar-refractivity contribution >= 4 is 0 Å². The summed E-state index contributed by atoms with van der Waals surface area (Å²) in [6.45, 7) is 8.84. The van der Waals surface area contributed by atoms with E-state index in [4.69, 9.17) is 4.84 Å². The van der Waals surface area contributed by atoms with Crippen LogP contribution in [-0.2, 0) is 4.84 Å². The molecule has 2 unspecified atom stereocenters. The van der Waals surface area contributed by atoms with Crippen LogP contribution >= 0.6 is 0 Å². The fraction of sp³-hybridized carbons (Fsp3) is 1.00. The van der Waals surface area contributed by atoms with Gasteiger partial charge in [-0.3, -0.25) is 10.2 Å². The van der Waals surface area contributed by atoms with Gasteiger partial charge in [0.25, 0.3) is 0 Å². The molecule has 3 nitrogen and oxygen atoms in total. The quantitative estimate of drug-likeness (QED) is 0.666. The molecule has 2 fully saturated rings. The van der Waals surface area contributed by atoms with Gasteiger partial charge in [-0.05, 0) is 19.8 Å². The van der Waals surface area contributed by atoms with Crippen molar-refractivity contribution < 1.29 is 4.84 Å². The molecular formula is C10H20N2O. The minimum absolute atomic E-state index is 0.196. The number of hydroxylamine groups is 2. The third-order valence-electron chi connectivity index (χ3n) is 3.56. The van der Waals surface area contributed by atoms with Crippen molar-refractivity contribution in [3.63, 3.8) is 0 Å². The second-order valence-corrected chi connectivity index (χ2v) is 4.63. The van der Waals surface area contributed by atoms with Crippen LogP contribution in [0.3, 0.4) is 0 Å². The van der Waals surface area contributed by atoms with Gasteiger partial charge in [0, 0.05) is 18.5 Å². The second kappa shape index (κ2) is 3.23. The Balaban J connectivity index is 2.15. The van der Waals surface area contributed by atoms with E-state index in [9.17, 15) is 0 Å². The molecule has 1 N–H and O–H groups in total. The maximum atomic E-state index is 5.68. The lowest BCUT2D eigenvalue weighted by Gasteiger charge is -2.48. The maximum Gasteiger partial charge on any atom is 0.0872 e. The predicted molar refractivity (Wildman–Crippen MR) is 52.1 cm³/mol. The molecule has 0 spiro atoms. The van der Waals surface area contributed by atoms with Crippen molar-refractivity contribution in [2.45, 2.75) is 45.3 Å². The van der Waals surface area contributed by atoms with Gasteiger partial charge in [0.05, 0.1) is 12.8 Å². The number of rotatable bonds is 1. The Morgan fingerprint density at radius 1 is 1.54 bits per heavy atom. The zero-order valence-corrected chi connectivity index (χ0v) is 8.84. The van der Waals surface area contributed by atoms with E-state index in [0.717, 1.165) is 19.6 Å². The summed E-state index contributed by atoms with van der Waals surface area (Å²) in [6.07, 6.45) is 2.80. The SMILES string of the molecule is CCC1CNC2CCON2C1(C)C. The van der Waals surface area contributed by atoms with Crippen molar-refractivity contribution in [2.24, 2.45) is 5.92 Å². The standard InChI is InChI=1S/C10H20N2O/c1-4-8-7-11-9-5-6-13-12(9)10(8,2)3/h8-9,11H,4-7H2,1-3H3. The largest absolute Gasteiger partial charge is 0.299 e. The fourth-order valence-corrected chi connectivity index (χ4v) is 2.57. The Kier molecular flexibility index (Phi) is 2.34. The summed E-state index contributed by atoms with van der Waals surface area (Å²) in [7, 11) is 0. The van der Waals surface area contributed by atoms with Gasteiger partial charge in [0.15, 0.2) is 0 Å². The van der Waals surface area contributed by atoms with E-state index in [-0.39, 0.29) is 5.54 Å². The highest BCUT2D eigenvalue weighted by Crippen LogP contribution is 2.35. The van der Waals surface area contributed by atoms with Gasteiger partial charge in [-0.1, -0.05) is 13.3 Å². The van der Waals surface area contributed by atoms with E-state index < -0.39 is 0 Å². The molecule has 0 radical (unpaired) electrons. The average molecular weight is 184 g/mol. The van der Waals surface area contributed by atoms with E-state index in [1.54, 1.807) is 0 Å². The Bertz CT molecular complexity index is 193. The van der Waals surface area contributed by atoms with Gasteiger partial charge in [-0.25, -0.2) is 0 Å². The lowest BCUT2D eigenvalue weighted by atomic mass is 9.82. The molecule has 2 heterocycles. The third-order valence-corrected chi connectivity index (χ3v) is 3.56. The van der Waals surface area contributed by atoms with E-state index in [0.29, 0.717) is 12.1 Å². The molecule has 0 aromatic heterocycles. The molecule has 0 aliphatic carbocycles. The summed E-state index contributed by atoms with van der Waals surface area (Å²) in [5, 5.41) is 5.71. The number of hydrogen-bond donors (Lipinski definition) is 1. The topological polar surface area (TPSA) is 24.5 Å². The summed E-state index contributed by atoms with van der Waals surface area (Å²) in [4.78, 5) is 5.68. The lowest BCUT2D eigenvalue weighted by molar-refractivity contribution is -0.228. The molecule has 76 valence electrons. The van der Waals surface area contributed by atoms with Crippen LogP contribution in [0.4, 0.5) is 0 Å². The molecular weight excluding hydrogens is 164 g/mol. The van der Waals surface area contributed by atoms with Crippen molar-refractivity contribution in [3.8, 4) is 0 Å². The summed E-state index contributed by atoms with van der Waals surface area (Å²) >= 11 is 0. The Morgan fingerprint density at radius 2 is 2.31 bits per heavy atom. The van der Waals surface area contributed by atoms with Gasteiger partial charge in [0.2, 0.25) is 0 Å². The fourth-order valence-electron chi connectivity index (χ4n) is 2.57. The van der Waals surface area contributed by atoms with Gasteiger partial charge < -0.3 is 0 Å². The highest BCUT2D eigenvalue weighted by molar-refractivity contribution is 4.94. The van der Waals surface area contributed by atoms with Crippen LogP contribution in [-0.4, -0.2) is 29.9 Å². The molecule has 13 heavy (non-hydrogen) atoms. The monoisotopic (exact) mass is 184 g/mol. The predicted octanol–water partition coefficient (Wildman–Crippen LogP) is 1.36. The molecule has 0 aromatic carbocycles. The molecule has 2 aliphatic rings. The average Bonchev–Trinajstić information content (AvgIpc) is 2.53. The molecule has 2 aliphatic heterocycles. The van der Waals surface area contributed by atoms with E-state index in [1.807, 2.05) is 0 Å². The van der Waals surface area contributed by atoms with Crippen molar-refractivity contribution in [1.29, 1.82) is 0 Å². The van der Waals surface area contributed by atoms with Gasteiger partial charge >= 0.3 is 0 Å². The molecule has 0 aromatic rings. The van der Waals surface area contributed by atoms with Crippen LogP contribution in [0.15, 0.2) is 0 Å². The first-order valence-electron chi connectivity index (χ1n) is 5.32. The van der Waals surface area contributed by atoms with E-state index in [2.05, 4.69) is 31.2 Å². The zero-order chi connectivity index (χ0) is 9.47. The maximum absolute atomic E-state index is 5.68. The van der Waals surface area contributed by atoms with Gasteiger partial charge in [-0.2, -0.15) is 5.06 Å². The smallest absolute Gasteiger partial charge is 0.0872 e. The van der Waals surface area contributed by atoms with Crippen LogP contribution in [0.5, 0.6) is 0 Å². The Labute approximate surface area is 80.4 Å². The first-order chi connectivity index (χ1) is 6.16. The van der Waals surface area contributed by atoms with Crippen molar-refractivity contribution in [1.82, 2.24) is 10.4 Å². The second-order valence-electron chi connectivity index (χ2n) is 4.63. The number of hydrogen-bond acceptors (Lipinski definition) is 3. The highest BCUT2D eigenvalue weighted by atomic mass is 16.7. The van der Waals surface area contributed by atoms with Gasteiger partial charge in [0.1, 0.15) is 0 Å². The van der Waals surface area contributed by atoms with Crippen molar-refractivity contribution in [2.75, 3.05) is 13.2 Å². The number of fused-ring (bicyclic) bond motifs is 1. The Hall–Kier alpha value is -0.120. The van der Waals surface area contributed by atoms with E-state index in [1.165, 1.54) is 6.42 Å². The zero-order valence-electron chi connectivity index (χ0n) is 8.84. The minimum atomic E-state index is 0.196. The first kappa shape index (κ1) is 9.44. The molecule has 2 saturated heterocycles. The van der Waals surface area contributed by atoms with Gasteiger partial charge in [-0.15, -0.1) is 0 Å². The van der Waals surface area contributed by atoms with E-state index >= 15 is 0 Å². The van der Waals surface area contributed by atoms with Crippen LogP contribution in [0.25, 0.3) is 0 Å². The van der Waals surface area contributed by atoms with Crippen molar-refractivity contribution in [3.05, 3.63) is 0 Å². The molecule has 2 atom stereocenters. The normalized spacial score (nSPS) is 39.0. The Morgan fingerprint density at radius 3 is 3.00 bits per heavy atom. The molecule has 0 bridgehead atoms. The molecule has 2 rings (SSSR count). The highest BCUT2D eigenvalue weighted by Gasteiger charge is 2.45. The first-order valence-corrected chi connectivity index (χ1v) is 5.32. The molecule has 0 saturated carbocycles. The van der Waals surface area contributed by atoms with Crippen LogP contribution in [0, 0.1) is 5.92 Å². The van der Waals surface area contributed by atoms with Crippen LogP contribution in [0.2, 0.25) is 0 Å². The third kappa shape index (κ3) is 1.39. The summed E-state index contributed by atoms with van der Waals surface area (Å²) in [5.74, 6) is 0.696. The van der Waals surface area contributed by atoms with Crippen LogP contribution < -0.4 is 5.32 Å². The minimum Gasteiger partial charge on any atom is -0.299 e. The lowest BCUT2D eigenvalue weighted by Crippen LogP contribution is -2.62. The summed E-state index contributed by atoms with van der Waals surface area (Å²) < 4.78 is 0. The molecule has 0 amide bonds. The number of nitrogens with zero attached hydrogens (tertiary/aromatic N) is 1. The number of nitrogens with one attached hydrogen (secondary N) is 1. The van der Waals surface area contributed by atoms with Crippen LogP contribution in [0.1, 0.15) is 33.6 Å². The molecule has 3 heteroatoms. The summed E-state index contributed by atoms with van der Waals surface area (Å²) in [6, 6.07) is 0. The summed E-state index contributed by atoms with van der Waals surface area (Å²) in [5.41, 5.74) is 0.196.